The average molecular weight is 853 g/mol. The van der Waals surface area contributed by atoms with Crippen LogP contribution in [0.3, 0.4) is 0 Å². The van der Waals surface area contributed by atoms with Gasteiger partial charge >= 0.3 is 0 Å². The molecule has 0 amide bonds. The van der Waals surface area contributed by atoms with Crippen molar-refractivity contribution in [2.24, 2.45) is 0 Å². The topological polar surface area (TPSA) is 26.3 Å². The molecule has 0 unspecified atom stereocenters. The summed E-state index contributed by atoms with van der Waals surface area (Å²) in [5, 5.41) is 17.1. The lowest BCUT2D eigenvalue weighted by molar-refractivity contribution is 0.666. The van der Waals surface area contributed by atoms with Gasteiger partial charge in [-0.15, -0.1) is 0 Å². The minimum atomic E-state index is -0.141. The summed E-state index contributed by atoms with van der Waals surface area (Å²) in [6.07, 6.45) is 0. The van der Waals surface area contributed by atoms with E-state index in [2.05, 4.69) is 220 Å². The van der Waals surface area contributed by atoms with E-state index in [4.69, 9.17) is 8.83 Å². The van der Waals surface area contributed by atoms with Crippen LogP contribution in [0.5, 0.6) is 0 Å². The van der Waals surface area contributed by atoms with Gasteiger partial charge in [-0.1, -0.05) is 172 Å². The van der Waals surface area contributed by atoms with Gasteiger partial charge in [-0.2, -0.15) is 0 Å². The van der Waals surface area contributed by atoms with Gasteiger partial charge in [-0.05, 0) is 158 Å². The van der Waals surface area contributed by atoms with E-state index >= 15 is 0 Å². The third-order valence-corrected chi connectivity index (χ3v) is 15.2. The first kappa shape index (κ1) is 36.8. The fourth-order valence-corrected chi connectivity index (χ4v) is 12.2. The van der Waals surface area contributed by atoms with E-state index in [1.54, 1.807) is 0 Å². The van der Waals surface area contributed by atoms with E-state index in [-0.39, 0.29) is 5.41 Å². The average Bonchev–Trinajstić information content (AvgIpc) is 4.02. The molecule has 14 aromatic rings. The summed E-state index contributed by atoms with van der Waals surface area (Å²) in [5.74, 6) is 0. The number of rotatable bonds is 3. The zero-order chi connectivity index (χ0) is 44.1. The molecule has 2 nitrogen and oxygen atoms in total. The molecule has 0 bridgehead atoms. The number of hydrogen-bond donors (Lipinski definition) is 0. The minimum absolute atomic E-state index is 0.141. The molecule has 0 N–H and O–H groups in total. The molecule has 0 fully saturated rings. The maximum atomic E-state index is 6.60. The molecule has 2 heteroatoms. The second kappa shape index (κ2) is 13.3. The molecule has 2 aromatic heterocycles. The Morgan fingerprint density at radius 3 is 1.34 bits per heavy atom. The third kappa shape index (κ3) is 5.05. The first-order chi connectivity index (χ1) is 33.0. The molecular weight excluding hydrogens is 813 g/mol. The van der Waals surface area contributed by atoms with Crippen molar-refractivity contribution < 1.29 is 8.83 Å². The molecule has 1 aliphatic rings. The van der Waals surface area contributed by atoms with Crippen LogP contribution in [0, 0.1) is 0 Å². The van der Waals surface area contributed by atoms with Crippen LogP contribution in [0.25, 0.3) is 142 Å². The maximum absolute atomic E-state index is 6.60. The van der Waals surface area contributed by atoms with E-state index in [0.717, 1.165) is 49.4 Å². The molecule has 0 saturated carbocycles. The molecule has 312 valence electrons. The highest BCUT2D eigenvalue weighted by Crippen LogP contribution is 2.55. The summed E-state index contributed by atoms with van der Waals surface area (Å²) in [5.41, 5.74) is 16.1. The molecule has 0 spiro atoms. The van der Waals surface area contributed by atoms with Crippen molar-refractivity contribution in [2.75, 3.05) is 0 Å². The van der Waals surface area contributed by atoms with Crippen molar-refractivity contribution >= 4 is 97.7 Å². The predicted molar refractivity (Wildman–Crippen MR) is 282 cm³/mol. The fraction of sp³-hybridized carbons (Fsp3) is 0.0462. The summed E-state index contributed by atoms with van der Waals surface area (Å²) in [4.78, 5) is 0. The lowest BCUT2D eigenvalue weighted by atomic mass is 9.79. The standard InChI is InChI=1S/C65H40O2/c1-65(2)55-28-23-38(34-53(55)63-45-17-7-5-15-43(45)44-16-6-12-22-50(44)64(63)65)39-25-29-56-51(33-39)52-35-40(26-30-57(52)66-56)60-46-18-8-10-20-48(46)61(49-21-11-9-19-47(49)60)41-27-31-58-54(36-41)62-42-14-4-3-13-37(42)24-32-59(62)67-58/h3-36H,1-2H3. The van der Waals surface area contributed by atoms with Crippen molar-refractivity contribution in [1.29, 1.82) is 0 Å². The van der Waals surface area contributed by atoms with Crippen molar-refractivity contribution in [3.05, 3.63) is 217 Å². The van der Waals surface area contributed by atoms with Gasteiger partial charge in [0.15, 0.2) is 0 Å². The Balaban J connectivity index is 0.904. The van der Waals surface area contributed by atoms with Crippen LogP contribution in [-0.4, -0.2) is 0 Å². The van der Waals surface area contributed by atoms with Crippen molar-refractivity contribution in [1.82, 2.24) is 0 Å². The van der Waals surface area contributed by atoms with E-state index < -0.39 is 0 Å². The predicted octanol–water partition coefficient (Wildman–Crippen LogP) is 18.6. The van der Waals surface area contributed by atoms with Crippen LogP contribution in [0.4, 0.5) is 0 Å². The molecule has 1 aliphatic carbocycles. The van der Waals surface area contributed by atoms with E-state index in [1.165, 1.54) is 104 Å². The van der Waals surface area contributed by atoms with Gasteiger partial charge < -0.3 is 8.83 Å². The van der Waals surface area contributed by atoms with Gasteiger partial charge in [0.1, 0.15) is 22.3 Å². The quantitative estimate of drug-likeness (QED) is 0.131. The number of benzene rings is 12. The van der Waals surface area contributed by atoms with E-state index in [1.807, 2.05) is 0 Å². The number of furan rings is 2. The maximum Gasteiger partial charge on any atom is 0.136 e. The number of fused-ring (bicyclic) bond motifs is 18. The van der Waals surface area contributed by atoms with Crippen molar-refractivity contribution in [2.45, 2.75) is 19.3 Å². The Morgan fingerprint density at radius 2 is 0.716 bits per heavy atom. The SMILES string of the molecule is CC1(C)c2ccc(-c3ccc4oc5ccc(-c6c7ccccc7c(-c7ccc8oc9ccc%10ccccc%10c9c8c7)c7ccccc67)cc5c4c3)cc2-c2c1c1ccccc1c1ccccc21. The molecule has 12 aromatic carbocycles. The van der Waals surface area contributed by atoms with Crippen LogP contribution in [0.1, 0.15) is 25.0 Å². The Kier molecular flexibility index (Phi) is 7.32. The molecule has 0 aliphatic heterocycles. The van der Waals surface area contributed by atoms with Crippen molar-refractivity contribution in [3.63, 3.8) is 0 Å². The van der Waals surface area contributed by atoms with Gasteiger partial charge in [0, 0.05) is 27.0 Å². The van der Waals surface area contributed by atoms with Crippen molar-refractivity contribution in [3.8, 4) is 44.5 Å². The lowest BCUT2D eigenvalue weighted by Crippen LogP contribution is -2.15. The Labute approximate surface area is 385 Å². The number of hydrogen-bond acceptors (Lipinski definition) is 2. The molecule has 67 heavy (non-hydrogen) atoms. The molecular formula is C65H40O2. The van der Waals surface area contributed by atoms with Gasteiger partial charge in [0.2, 0.25) is 0 Å². The summed E-state index contributed by atoms with van der Waals surface area (Å²) in [6, 6.07) is 75.9. The van der Waals surface area contributed by atoms with Crippen LogP contribution < -0.4 is 0 Å². The van der Waals surface area contributed by atoms with E-state index in [0.29, 0.717) is 0 Å². The van der Waals surface area contributed by atoms with Crippen LogP contribution >= 0.6 is 0 Å². The van der Waals surface area contributed by atoms with Gasteiger partial charge in [-0.25, -0.2) is 0 Å². The van der Waals surface area contributed by atoms with Gasteiger partial charge in [0.05, 0.1) is 0 Å². The molecule has 0 radical (unpaired) electrons. The molecule has 0 saturated heterocycles. The minimum Gasteiger partial charge on any atom is -0.456 e. The van der Waals surface area contributed by atoms with E-state index in [9.17, 15) is 0 Å². The van der Waals surface area contributed by atoms with Gasteiger partial charge in [0.25, 0.3) is 0 Å². The second-order valence-corrected chi connectivity index (χ2v) is 19.1. The Morgan fingerprint density at radius 1 is 0.299 bits per heavy atom. The summed E-state index contributed by atoms with van der Waals surface area (Å²) >= 11 is 0. The normalized spacial score (nSPS) is 13.3. The molecule has 0 atom stereocenters. The summed E-state index contributed by atoms with van der Waals surface area (Å²) in [6.45, 7) is 4.78. The highest BCUT2D eigenvalue weighted by atomic mass is 16.3. The zero-order valence-corrected chi connectivity index (χ0v) is 36.9. The smallest absolute Gasteiger partial charge is 0.136 e. The molecule has 2 heterocycles. The fourth-order valence-electron chi connectivity index (χ4n) is 12.2. The highest BCUT2D eigenvalue weighted by molar-refractivity contribution is 6.25. The summed E-state index contributed by atoms with van der Waals surface area (Å²) < 4.78 is 13.1. The Bertz CT molecular complexity index is 4420. The Hall–Kier alpha value is -8.46. The van der Waals surface area contributed by atoms with Gasteiger partial charge in [-0.3, -0.25) is 0 Å². The second-order valence-electron chi connectivity index (χ2n) is 19.1. The monoisotopic (exact) mass is 852 g/mol. The highest BCUT2D eigenvalue weighted by Gasteiger charge is 2.38. The first-order valence-corrected chi connectivity index (χ1v) is 23.3. The largest absolute Gasteiger partial charge is 0.456 e. The third-order valence-electron chi connectivity index (χ3n) is 15.2. The zero-order valence-electron chi connectivity index (χ0n) is 36.9. The van der Waals surface area contributed by atoms with Crippen LogP contribution in [0.2, 0.25) is 0 Å². The van der Waals surface area contributed by atoms with Crippen LogP contribution in [-0.2, 0) is 5.41 Å². The lowest BCUT2D eigenvalue weighted by Gasteiger charge is -2.24. The molecule has 15 rings (SSSR count). The summed E-state index contributed by atoms with van der Waals surface area (Å²) in [7, 11) is 0. The first-order valence-electron chi connectivity index (χ1n) is 23.3. The van der Waals surface area contributed by atoms with Crippen LogP contribution in [0.15, 0.2) is 215 Å².